The molecule has 1 heterocycles. The SMILES string of the molecule is CCNC(=NCCCCSC)N1CCC(c2cc(OC)cc(OC)c2)C1. The number of nitrogens with zero attached hydrogens (tertiary/aromatic N) is 2. The molecule has 146 valence electrons. The van der Waals surface area contributed by atoms with Crippen LogP contribution in [0, 0.1) is 0 Å². The van der Waals surface area contributed by atoms with Gasteiger partial charge in [-0.15, -0.1) is 0 Å². The Hall–Kier alpha value is -1.56. The number of hydrogen-bond acceptors (Lipinski definition) is 4. The number of ether oxygens (including phenoxy) is 2. The predicted molar refractivity (Wildman–Crippen MR) is 112 cm³/mol. The molecule has 1 aliphatic heterocycles. The Morgan fingerprint density at radius 2 is 1.96 bits per heavy atom. The lowest BCUT2D eigenvalue weighted by Crippen LogP contribution is -2.40. The van der Waals surface area contributed by atoms with E-state index in [0.29, 0.717) is 5.92 Å². The van der Waals surface area contributed by atoms with Gasteiger partial charge in [0.05, 0.1) is 14.2 Å². The van der Waals surface area contributed by atoms with Crippen LogP contribution >= 0.6 is 11.8 Å². The number of benzene rings is 1. The highest BCUT2D eigenvalue weighted by molar-refractivity contribution is 7.98. The maximum absolute atomic E-state index is 5.42. The quantitative estimate of drug-likeness (QED) is 0.403. The summed E-state index contributed by atoms with van der Waals surface area (Å²) >= 11 is 1.90. The first kappa shape index (κ1) is 20.7. The number of aliphatic imine (C=N–C) groups is 1. The Balaban J connectivity index is 2.01. The van der Waals surface area contributed by atoms with E-state index in [0.717, 1.165) is 56.5 Å². The van der Waals surface area contributed by atoms with E-state index < -0.39 is 0 Å². The predicted octanol–water partition coefficient (Wildman–Crippen LogP) is 3.60. The first-order valence-electron chi connectivity index (χ1n) is 9.47. The molecule has 1 aromatic carbocycles. The summed E-state index contributed by atoms with van der Waals surface area (Å²) in [6.45, 7) is 5.94. The van der Waals surface area contributed by atoms with Crippen LogP contribution in [-0.2, 0) is 0 Å². The molecule has 5 nitrogen and oxygen atoms in total. The van der Waals surface area contributed by atoms with Crippen molar-refractivity contribution in [1.82, 2.24) is 10.2 Å². The van der Waals surface area contributed by atoms with Gasteiger partial charge in [-0.3, -0.25) is 4.99 Å². The maximum Gasteiger partial charge on any atom is 0.193 e. The Morgan fingerprint density at radius 1 is 1.23 bits per heavy atom. The third-order valence-corrected chi connectivity index (χ3v) is 5.38. The van der Waals surface area contributed by atoms with Crippen LogP contribution in [-0.4, -0.2) is 63.3 Å². The lowest BCUT2D eigenvalue weighted by atomic mass is 9.98. The molecule has 0 amide bonds. The molecule has 0 bridgehead atoms. The van der Waals surface area contributed by atoms with Crippen LogP contribution in [0.2, 0.25) is 0 Å². The van der Waals surface area contributed by atoms with Crippen LogP contribution in [0.3, 0.4) is 0 Å². The number of nitrogens with one attached hydrogen (secondary N) is 1. The molecule has 0 radical (unpaired) electrons. The lowest BCUT2D eigenvalue weighted by Gasteiger charge is -2.22. The molecule has 2 rings (SSSR count). The summed E-state index contributed by atoms with van der Waals surface area (Å²) in [7, 11) is 3.40. The van der Waals surface area contributed by atoms with Gasteiger partial charge in [-0.25, -0.2) is 0 Å². The van der Waals surface area contributed by atoms with Crippen LogP contribution in [0.4, 0.5) is 0 Å². The molecular weight excluding hydrogens is 346 g/mol. The van der Waals surface area contributed by atoms with Crippen LogP contribution in [0.1, 0.15) is 37.7 Å². The van der Waals surface area contributed by atoms with Gasteiger partial charge >= 0.3 is 0 Å². The fourth-order valence-electron chi connectivity index (χ4n) is 3.26. The Kier molecular flexibility index (Phi) is 8.95. The van der Waals surface area contributed by atoms with Gasteiger partial charge in [-0.1, -0.05) is 0 Å². The van der Waals surface area contributed by atoms with Crippen LogP contribution in [0.15, 0.2) is 23.2 Å². The average Bonchev–Trinajstić information content (AvgIpc) is 3.16. The number of thioether (sulfide) groups is 1. The zero-order valence-corrected chi connectivity index (χ0v) is 17.4. The number of likely N-dealkylation sites (tertiary alicyclic amines) is 1. The van der Waals surface area contributed by atoms with E-state index in [-0.39, 0.29) is 0 Å². The van der Waals surface area contributed by atoms with E-state index in [1.54, 1.807) is 14.2 Å². The number of hydrogen-bond donors (Lipinski definition) is 1. The molecule has 1 unspecified atom stereocenters. The van der Waals surface area contributed by atoms with Crippen molar-refractivity contribution in [2.24, 2.45) is 4.99 Å². The van der Waals surface area contributed by atoms with Gasteiger partial charge in [0.25, 0.3) is 0 Å². The molecule has 0 spiro atoms. The molecule has 0 aliphatic carbocycles. The van der Waals surface area contributed by atoms with Crippen molar-refractivity contribution < 1.29 is 9.47 Å². The molecule has 26 heavy (non-hydrogen) atoms. The molecule has 1 fully saturated rings. The molecule has 1 N–H and O–H groups in total. The number of guanidine groups is 1. The van der Waals surface area contributed by atoms with E-state index in [1.165, 1.54) is 17.7 Å². The minimum atomic E-state index is 0.472. The fraction of sp³-hybridized carbons (Fsp3) is 0.650. The van der Waals surface area contributed by atoms with E-state index in [4.69, 9.17) is 14.5 Å². The fourth-order valence-corrected chi connectivity index (χ4v) is 3.75. The summed E-state index contributed by atoms with van der Waals surface area (Å²) < 4.78 is 10.8. The standard InChI is InChI=1S/C20H33N3O2S/c1-5-21-20(22-9-6-7-11-26-4)23-10-8-16(15-23)17-12-18(24-2)14-19(13-17)25-3/h12-14,16H,5-11,15H2,1-4H3,(H,21,22). The normalized spacial score (nSPS) is 17.5. The van der Waals surface area contributed by atoms with Crippen molar-refractivity contribution in [3.63, 3.8) is 0 Å². The van der Waals surface area contributed by atoms with E-state index in [1.807, 2.05) is 17.8 Å². The van der Waals surface area contributed by atoms with Crippen molar-refractivity contribution >= 4 is 17.7 Å². The van der Waals surface area contributed by atoms with Crippen LogP contribution in [0.5, 0.6) is 11.5 Å². The van der Waals surface area contributed by atoms with E-state index >= 15 is 0 Å². The number of rotatable bonds is 9. The first-order chi connectivity index (χ1) is 12.7. The second-order valence-electron chi connectivity index (χ2n) is 6.51. The second-order valence-corrected chi connectivity index (χ2v) is 7.50. The second kappa shape index (κ2) is 11.2. The Labute approximate surface area is 162 Å². The maximum atomic E-state index is 5.42. The van der Waals surface area contributed by atoms with Crippen molar-refractivity contribution in [1.29, 1.82) is 0 Å². The summed E-state index contributed by atoms with van der Waals surface area (Å²) in [4.78, 5) is 7.22. The highest BCUT2D eigenvalue weighted by Gasteiger charge is 2.26. The first-order valence-corrected chi connectivity index (χ1v) is 10.9. The van der Waals surface area contributed by atoms with Crippen molar-refractivity contribution in [2.45, 2.75) is 32.1 Å². The Bertz CT molecular complexity index is 558. The van der Waals surface area contributed by atoms with E-state index in [2.05, 4.69) is 35.5 Å². The van der Waals surface area contributed by atoms with E-state index in [9.17, 15) is 0 Å². The van der Waals surface area contributed by atoms with Gasteiger partial charge < -0.3 is 19.7 Å². The average molecular weight is 380 g/mol. The van der Waals surface area contributed by atoms with Gasteiger partial charge in [-0.05, 0) is 55.9 Å². The smallest absolute Gasteiger partial charge is 0.193 e. The summed E-state index contributed by atoms with van der Waals surface area (Å²) in [6, 6.07) is 6.18. The zero-order chi connectivity index (χ0) is 18.8. The van der Waals surface area contributed by atoms with Crippen molar-refractivity contribution in [2.75, 3.05) is 52.4 Å². The molecule has 1 aliphatic rings. The number of methoxy groups -OCH3 is 2. The zero-order valence-electron chi connectivity index (χ0n) is 16.6. The highest BCUT2D eigenvalue weighted by Crippen LogP contribution is 2.32. The van der Waals surface area contributed by atoms with Gasteiger partial charge in [0.15, 0.2) is 5.96 Å². The lowest BCUT2D eigenvalue weighted by molar-refractivity contribution is 0.392. The van der Waals surface area contributed by atoms with Crippen molar-refractivity contribution in [3.8, 4) is 11.5 Å². The van der Waals surface area contributed by atoms with Gasteiger partial charge in [0.2, 0.25) is 0 Å². The van der Waals surface area contributed by atoms with Crippen LogP contribution < -0.4 is 14.8 Å². The summed E-state index contributed by atoms with van der Waals surface area (Å²) in [5.74, 6) is 4.45. The third kappa shape index (κ3) is 6.01. The Morgan fingerprint density at radius 3 is 2.58 bits per heavy atom. The minimum absolute atomic E-state index is 0.472. The monoisotopic (exact) mass is 379 g/mol. The topological polar surface area (TPSA) is 46.1 Å². The molecule has 0 aromatic heterocycles. The molecule has 6 heteroatoms. The molecule has 0 saturated carbocycles. The largest absolute Gasteiger partial charge is 0.497 e. The summed E-state index contributed by atoms with van der Waals surface area (Å²) in [5, 5.41) is 3.45. The molecular formula is C20H33N3O2S. The number of unbranched alkanes of at least 4 members (excludes halogenated alkanes) is 1. The molecule has 1 atom stereocenters. The summed E-state index contributed by atoms with van der Waals surface area (Å²) in [6.07, 6.45) is 5.66. The minimum Gasteiger partial charge on any atom is -0.497 e. The molecule has 1 saturated heterocycles. The highest BCUT2D eigenvalue weighted by atomic mass is 32.2. The van der Waals surface area contributed by atoms with Crippen LogP contribution in [0.25, 0.3) is 0 Å². The van der Waals surface area contributed by atoms with Gasteiger partial charge in [0, 0.05) is 38.2 Å². The third-order valence-electron chi connectivity index (χ3n) is 4.69. The van der Waals surface area contributed by atoms with Gasteiger partial charge in [0.1, 0.15) is 11.5 Å². The molecule has 1 aromatic rings. The van der Waals surface area contributed by atoms with Gasteiger partial charge in [-0.2, -0.15) is 11.8 Å². The summed E-state index contributed by atoms with van der Waals surface area (Å²) in [5.41, 5.74) is 1.28. The van der Waals surface area contributed by atoms with Crippen molar-refractivity contribution in [3.05, 3.63) is 23.8 Å².